The van der Waals surface area contributed by atoms with Crippen molar-refractivity contribution in [2.75, 3.05) is 32.9 Å². The van der Waals surface area contributed by atoms with Gasteiger partial charge < -0.3 is 14.4 Å². The number of ether oxygens (including phenoxy) is 2. The zero-order chi connectivity index (χ0) is 18.4. The summed E-state index contributed by atoms with van der Waals surface area (Å²) in [5.41, 5.74) is 1.01. The first-order chi connectivity index (χ1) is 12.6. The monoisotopic (exact) mass is 375 g/mol. The minimum Gasteiger partial charge on any atom is -0.452 e. The molecule has 0 atom stereocenters. The molecule has 1 saturated heterocycles. The summed E-state index contributed by atoms with van der Waals surface area (Å²) >= 11 is 1.39. The second-order valence-electron chi connectivity index (χ2n) is 5.66. The van der Waals surface area contributed by atoms with Gasteiger partial charge in [0.2, 0.25) is 0 Å². The number of carbonyl (C=O) groups excluding carboxylic acids is 2. The molecule has 1 aliphatic heterocycles. The largest absolute Gasteiger partial charge is 0.452 e. The molecule has 1 aliphatic rings. The van der Waals surface area contributed by atoms with E-state index in [4.69, 9.17) is 9.47 Å². The molecule has 1 aromatic heterocycles. The van der Waals surface area contributed by atoms with Gasteiger partial charge >= 0.3 is 5.97 Å². The van der Waals surface area contributed by atoms with Crippen molar-refractivity contribution in [1.82, 2.24) is 4.90 Å². The van der Waals surface area contributed by atoms with E-state index in [0.29, 0.717) is 37.4 Å². The minimum atomic E-state index is -0.585. The van der Waals surface area contributed by atoms with Gasteiger partial charge in [-0.25, -0.2) is 9.18 Å². The SMILES string of the molecule is O=C(OCC(=O)N1CCOCC1)/C(=C/c1ccc(F)cc1)c1cccs1. The van der Waals surface area contributed by atoms with Crippen LogP contribution >= 0.6 is 11.3 Å². The molecule has 7 heteroatoms. The average Bonchev–Trinajstić information content (AvgIpc) is 3.20. The van der Waals surface area contributed by atoms with Gasteiger partial charge in [-0.2, -0.15) is 0 Å². The number of hydrogen-bond acceptors (Lipinski definition) is 5. The zero-order valence-electron chi connectivity index (χ0n) is 14.0. The van der Waals surface area contributed by atoms with Crippen molar-refractivity contribution >= 4 is 34.9 Å². The van der Waals surface area contributed by atoms with Crippen LogP contribution in [0.3, 0.4) is 0 Å². The summed E-state index contributed by atoms with van der Waals surface area (Å²) < 4.78 is 23.5. The van der Waals surface area contributed by atoms with Crippen LogP contribution in [-0.2, 0) is 19.1 Å². The van der Waals surface area contributed by atoms with Crippen molar-refractivity contribution in [3.8, 4) is 0 Å². The van der Waals surface area contributed by atoms with Gasteiger partial charge in [-0.05, 0) is 35.2 Å². The Morgan fingerprint density at radius 1 is 1.19 bits per heavy atom. The Labute approximate surface area is 154 Å². The van der Waals surface area contributed by atoms with Crippen molar-refractivity contribution in [2.24, 2.45) is 0 Å². The first-order valence-electron chi connectivity index (χ1n) is 8.17. The van der Waals surface area contributed by atoms with E-state index in [9.17, 15) is 14.0 Å². The Morgan fingerprint density at radius 3 is 2.58 bits per heavy atom. The molecule has 0 bridgehead atoms. The predicted octanol–water partition coefficient (Wildman–Crippen LogP) is 2.83. The summed E-state index contributed by atoms with van der Waals surface area (Å²) in [7, 11) is 0. The van der Waals surface area contributed by atoms with Crippen LogP contribution in [0.1, 0.15) is 10.4 Å². The predicted molar refractivity (Wildman–Crippen MR) is 96.9 cm³/mol. The van der Waals surface area contributed by atoms with Gasteiger partial charge in [-0.3, -0.25) is 4.79 Å². The summed E-state index contributed by atoms with van der Waals surface area (Å²) in [5, 5.41) is 1.85. The standard InChI is InChI=1S/C19H18FNO4S/c20-15-5-3-14(4-6-15)12-16(17-2-1-11-26-17)19(23)25-13-18(22)21-7-9-24-10-8-21/h1-6,11-12H,7-10,13H2/b16-12+. The summed E-state index contributed by atoms with van der Waals surface area (Å²) in [5.74, 6) is -1.18. The quantitative estimate of drug-likeness (QED) is 0.596. The maximum Gasteiger partial charge on any atom is 0.340 e. The second kappa shape index (κ2) is 8.73. The summed E-state index contributed by atoms with van der Waals surface area (Å²) in [4.78, 5) is 27.0. The molecular formula is C19H18FNO4S. The van der Waals surface area contributed by atoms with Crippen molar-refractivity contribution in [2.45, 2.75) is 0 Å². The number of rotatable bonds is 5. The van der Waals surface area contributed by atoms with E-state index in [-0.39, 0.29) is 18.3 Å². The van der Waals surface area contributed by atoms with Gasteiger partial charge in [0.25, 0.3) is 5.91 Å². The molecule has 2 heterocycles. The lowest BCUT2D eigenvalue weighted by molar-refractivity contribution is -0.149. The maximum absolute atomic E-state index is 13.1. The fraction of sp³-hybridized carbons (Fsp3) is 0.263. The normalized spacial score (nSPS) is 15.0. The van der Waals surface area contributed by atoms with Gasteiger partial charge in [0.05, 0.1) is 18.8 Å². The highest BCUT2D eigenvalue weighted by molar-refractivity contribution is 7.11. The van der Waals surface area contributed by atoms with Gasteiger partial charge in [0.15, 0.2) is 6.61 Å². The van der Waals surface area contributed by atoms with Gasteiger partial charge in [-0.15, -0.1) is 11.3 Å². The Balaban J connectivity index is 1.71. The third-order valence-electron chi connectivity index (χ3n) is 3.88. The third-order valence-corrected chi connectivity index (χ3v) is 4.78. The molecule has 1 fully saturated rings. The summed E-state index contributed by atoms with van der Waals surface area (Å²) in [6.07, 6.45) is 1.63. The number of morpholine rings is 1. The summed E-state index contributed by atoms with van der Waals surface area (Å²) in [6.45, 7) is 1.67. The highest BCUT2D eigenvalue weighted by Gasteiger charge is 2.20. The van der Waals surface area contributed by atoms with Crippen molar-refractivity contribution in [3.05, 3.63) is 58.0 Å². The van der Waals surface area contributed by atoms with Crippen LogP contribution in [-0.4, -0.2) is 49.7 Å². The van der Waals surface area contributed by atoms with Gasteiger partial charge in [-0.1, -0.05) is 18.2 Å². The fourth-order valence-electron chi connectivity index (χ4n) is 2.50. The first-order valence-corrected chi connectivity index (χ1v) is 9.05. The maximum atomic E-state index is 13.1. The summed E-state index contributed by atoms with van der Waals surface area (Å²) in [6, 6.07) is 9.43. The molecule has 0 saturated carbocycles. The third kappa shape index (κ3) is 4.77. The van der Waals surface area contributed by atoms with Crippen LogP contribution in [0.4, 0.5) is 4.39 Å². The number of nitrogens with zero attached hydrogens (tertiary/aromatic N) is 1. The van der Waals surface area contributed by atoms with E-state index in [1.807, 2.05) is 11.4 Å². The molecule has 0 unspecified atom stereocenters. The lowest BCUT2D eigenvalue weighted by Crippen LogP contribution is -2.42. The number of thiophene rings is 1. The number of amides is 1. The Kier molecular flexibility index (Phi) is 6.14. The van der Waals surface area contributed by atoms with E-state index >= 15 is 0 Å². The number of carbonyl (C=O) groups is 2. The van der Waals surface area contributed by atoms with Crippen molar-refractivity contribution in [3.63, 3.8) is 0 Å². The molecule has 2 aromatic rings. The molecule has 1 aromatic carbocycles. The highest BCUT2D eigenvalue weighted by Crippen LogP contribution is 2.24. The van der Waals surface area contributed by atoms with E-state index in [1.165, 1.54) is 23.5 Å². The van der Waals surface area contributed by atoms with Crippen LogP contribution in [0, 0.1) is 5.82 Å². The van der Waals surface area contributed by atoms with Crippen molar-refractivity contribution in [1.29, 1.82) is 0 Å². The Morgan fingerprint density at radius 2 is 1.92 bits per heavy atom. The average molecular weight is 375 g/mol. The molecule has 0 N–H and O–H groups in total. The smallest absolute Gasteiger partial charge is 0.340 e. The first kappa shape index (κ1) is 18.3. The lowest BCUT2D eigenvalue weighted by atomic mass is 10.1. The molecule has 26 heavy (non-hydrogen) atoms. The minimum absolute atomic E-state index is 0.242. The number of halogens is 1. The fourth-order valence-corrected chi connectivity index (χ4v) is 3.23. The molecule has 5 nitrogen and oxygen atoms in total. The molecule has 0 radical (unpaired) electrons. The van der Waals surface area contributed by atoms with E-state index in [0.717, 1.165) is 4.88 Å². The zero-order valence-corrected chi connectivity index (χ0v) is 14.8. The number of esters is 1. The number of benzene rings is 1. The van der Waals surface area contributed by atoms with Crippen LogP contribution in [0.25, 0.3) is 11.6 Å². The van der Waals surface area contributed by atoms with E-state index in [2.05, 4.69) is 0 Å². The molecular weight excluding hydrogens is 357 g/mol. The van der Waals surface area contributed by atoms with Crippen LogP contribution < -0.4 is 0 Å². The van der Waals surface area contributed by atoms with Gasteiger partial charge in [0.1, 0.15) is 5.82 Å². The molecule has 0 spiro atoms. The highest BCUT2D eigenvalue weighted by atomic mass is 32.1. The Bertz CT molecular complexity index is 780. The van der Waals surface area contributed by atoms with Crippen LogP contribution in [0.15, 0.2) is 41.8 Å². The molecule has 0 aliphatic carbocycles. The van der Waals surface area contributed by atoms with Crippen LogP contribution in [0.5, 0.6) is 0 Å². The molecule has 136 valence electrons. The lowest BCUT2D eigenvalue weighted by Gasteiger charge is -2.26. The van der Waals surface area contributed by atoms with Crippen LogP contribution in [0.2, 0.25) is 0 Å². The van der Waals surface area contributed by atoms with E-state index < -0.39 is 5.97 Å². The number of hydrogen-bond donors (Lipinski definition) is 0. The van der Waals surface area contributed by atoms with Crippen molar-refractivity contribution < 1.29 is 23.5 Å². The Hall–Kier alpha value is -2.51. The van der Waals surface area contributed by atoms with E-state index in [1.54, 1.807) is 29.2 Å². The van der Waals surface area contributed by atoms with Gasteiger partial charge in [0, 0.05) is 18.0 Å². The molecule has 3 rings (SSSR count). The topological polar surface area (TPSA) is 55.8 Å². The molecule has 1 amide bonds. The second-order valence-corrected chi connectivity index (χ2v) is 6.60.